The Morgan fingerprint density at radius 2 is 0.825 bits per heavy atom. The third-order valence-electron chi connectivity index (χ3n) is 7.41. The van der Waals surface area contributed by atoms with Gasteiger partial charge in [0, 0.05) is 47.2 Å². The lowest BCUT2D eigenvalue weighted by Crippen LogP contribution is -2.46. The van der Waals surface area contributed by atoms with Crippen LogP contribution in [0.4, 0.5) is 0 Å². The molecule has 0 fully saturated rings. The van der Waals surface area contributed by atoms with E-state index >= 15 is 0 Å². The minimum atomic E-state index is -1.33. The molecule has 0 saturated heterocycles. The lowest BCUT2D eigenvalue weighted by atomic mass is 9.65. The molecule has 4 aromatic carbocycles. The fourth-order valence-corrected chi connectivity index (χ4v) is 5.79. The molecular weight excluding hydrogens is 520 g/mol. The molecule has 10 nitrogen and oxygen atoms in total. The first-order valence-electron chi connectivity index (χ1n) is 12.3. The second kappa shape index (κ2) is 9.12. The smallest absolute Gasteiger partial charge is 0.316 e. The Labute approximate surface area is 226 Å². The number of hydrogen-bond donors (Lipinski definition) is 6. The van der Waals surface area contributed by atoms with Crippen LogP contribution in [0.5, 0.6) is 46.0 Å². The maximum atomic E-state index is 13.8. The van der Waals surface area contributed by atoms with E-state index in [0.29, 0.717) is 11.1 Å². The van der Waals surface area contributed by atoms with E-state index in [0.717, 1.165) is 12.1 Å². The molecule has 0 radical (unpaired) electrons. The number of rotatable bonds is 3. The van der Waals surface area contributed by atoms with E-state index in [9.17, 15) is 40.2 Å². The number of ether oxygens (including phenoxy) is 2. The molecule has 2 aliphatic heterocycles. The molecule has 4 atom stereocenters. The van der Waals surface area contributed by atoms with Crippen LogP contribution in [0, 0.1) is 11.8 Å². The third-order valence-corrected chi connectivity index (χ3v) is 7.41. The summed E-state index contributed by atoms with van der Waals surface area (Å²) in [5.41, 5.74) is 1.15. The number of aromatic hydroxyl groups is 6. The second-order valence-corrected chi connectivity index (χ2v) is 9.79. The van der Waals surface area contributed by atoms with Gasteiger partial charge < -0.3 is 40.1 Å². The van der Waals surface area contributed by atoms with Crippen molar-refractivity contribution in [3.05, 3.63) is 95.1 Å². The van der Waals surface area contributed by atoms with Crippen LogP contribution in [-0.4, -0.2) is 42.6 Å². The SMILES string of the molecule is O=C1Oc2cc(O)cc(O)c2[C@H](c2ccc(O)cc2)[C@H]1[C@H]1C(=O)Oc2cc(O)cc(O)c2[C@@H]1c1ccc(O)cc1. The number of fused-ring (bicyclic) bond motifs is 2. The Morgan fingerprint density at radius 1 is 0.475 bits per heavy atom. The van der Waals surface area contributed by atoms with Gasteiger partial charge in [0.05, 0.1) is 11.8 Å². The summed E-state index contributed by atoms with van der Waals surface area (Å²) in [6.45, 7) is 0. The summed E-state index contributed by atoms with van der Waals surface area (Å²) in [7, 11) is 0. The van der Waals surface area contributed by atoms with E-state index in [4.69, 9.17) is 9.47 Å². The molecule has 0 unspecified atom stereocenters. The molecule has 0 aromatic heterocycles. The number of carbonyl (C=O) groups excluding carboxylic acids is 2. The van der Waals surface area contributed by atoms with E-state index < -0.39 is 35.6 Å². The van der Waals surface area contributed by atoms with Gasteiger partial charge in [0.2, 0.25) is 0 Å². The van der Waals surface area contributed by atoms with Crippen molar-refractivity contribution in [3.8, 4) is 46.0 Å². The van der Waals surface area contributed by atoms with E-state index in [1.807, 2.05) is 0 Å². The standard InChI is InChI=1S/C30H22O10/c31-15-5-1-13(2-6-15)23-25-19(35)9-17(33)11-21(25)39-29(37)27(23)28-24(14-3-7-16(32)8-4-14)26-20(36)10-18(34)12-22(26)40-30(28)38/h1-12,23-24,27-28,31-36H/t23-,24-,27-,28-/m0/s1. The molecule has 2 aliphatic rings. The third kappa shape index (κ3) is 3.97. The molecule has 202 valence electrons. The lowest BCUT2D eigenvalue weighted by Gasteiger charge is -2.41. The molecule has 0 bridgehead atoms. The zero-order valence-electron chi connectivity index (χ0n) is 20.6. The molecule has 6 rings (SSSR count). The van der Waals surface area contributed by atoms with Crippen LogP contribution < -0.4 is 9.47 Å². The van der Waals surface area contributed by atoms with Gasteiger partial charge in [-0.25, -0.2) is 0 Å². The predicted octanol–water partition coefficient (Wildman–Crippen LogP) is 3.95. The van der Waals surface area contributed by atoms with Gasteiger partial charge in [0.1, 0.15) is 46.0 Å². The molecule has 2 heterocycles. The second-order valence-electron chi connectivity index (χ2n) is 9.79. The Hall–Kier alpha value is -5.38. The summed E-state index contributed by atoms with van der Waals surface area (Å²) in [5, 5.41) is 61.8. The van der Waals surface area contributed by atoms with Gasteiger partial charge >= 0.3 is 11.9 Å². The molecule has 0 saturated carbocycles. The molecular formula is C30H22O10. The normalized spacial score (nSPS) is 21.6. The van der Waals surface area contributed by atoms with Crippen molar-refractivity contribution in [2.45, 2.75) is 11.8 Å². The summed E-state index contributed by atoms with van der Waals surface area (Å²) in [5.74, 6) is -8.18. The maximum Gasteiger partial charge on any atom is 0.316 e. The Kier molecular flexibility index (Phi) is 5.69. The van der Waals surface area contributed by atoms with Gasteiger partial charge in [-0.2, -0.15) is 0 Å². The predicted molar refractivity (Wildman–Crippen MR) is 138 cm³/mol. The zero-order valence-corrected chi connectivity index (χ0v) is 20.6. The van der Waals surface area contributed by atoms with E-state index in [1.165, 1.54) is 60.7 Å². The maximum absolute atomic E-state index is 13.8. The summed E-state index contributed by atoms with van der Waals surface area (Å²) in [6.07, 6.45) is 0. The monoisotopic (exact) mass is 542 g/mol. The van der Waals surface area contributed by atoms with E-state index in [2.05, 4.69) is 0 Å². The number of esters is 2. The van der Waals surface area contributed by atoms with E-state index in [1.54, 1.807) is 0 Å². The lowest BCUT2D eigenvalue weighted by molar-refractivity contribution is -0.154. The summed E-state index contributed by atoms with van der Waals surface area (Å²) in [6, 6.07) is 16.2. The summed E-state index contributed by atoms with van der Waals surface area (Å²) >= 11 is 0. The number of hydrogen-bond acceptors (Lipinski definition) is 10. The van der Waals surface area contributed by atoms with Gasteiger partial charge in [-0.1, -0.05) is 24.3 Å². The van der Waals surface area contributed by atoms with Gasteiger partial charge in [-0.3, -0.25) is 9.59 Å². The first kappa shape index (κ1) is 24.9. The first-order valence-corrected chi connectivity index (χ1v) is 12.3. The number of phenols is 6. The average Bonchev–Trinajstić information content (AvgIpc) is 2.88. The zero-order chi connectivity index (χ0) is 28.3. The Morgan fingerprint density at radius 3 is 1.18 bits per heavy atom. The molecule has 0 aliphatic carbocycles. The highest BCUT2D eigenvalue weighted by Crippen LogP contribution is 2.57. The van der Waals surface area contributed by atoms with Crippen LogP contribution in [0.1, 0.15) is 34.1 Å². The van der Waals surface area contributed by atoms with Crippen LogP contribution in [0.15, 0.2) is 72.8 Å². The van der Waals surface area contributed by atoms with Crippen molar-refractivity contribution >= 4 is 11.9 Å². The van der Waals surface area contributed by atoms with Crippen LogP contribution in [-0.2, 0) is 9.59 Å². The van der Waals surface area contributed by atoms with E-state index in [-0.39, 0.29) is 57.1 Å². The van der Waals surface area contributed by atoms with Crippen molar-refractivity contribution in [3.63, 3.8) is 0 Å². The van der Waals surface area contributed by atoms with Crippen molar-refractivity contribution in [1.82, 2.24) is 0 Å². The summed E-state index contributed by atoms with van der Waals surface area (Å²) < 4.78 is 11.1. The Bertz CT molecular complexity index is 1530. The summed E-state index contributed by atoms with van der Waals surface area (Å²) in [4.78, 5) is 27.5. The molecule has 6 N–H and O–H groups in total. The Balaban J connectivity index is 1.62. The highest BCUT2D eigenvalue weighted by atomic mass is 16.5. The minimum absolute atomic E-state index is 0.0495. The quantitative estimate of drug-likeness (QED) is 0.164. The average molecular weight is 542 g/mol. The molecule has 4 aromatic rings. The van der Waals surface area contributed by atoms with Crippen molar-refractivity contribution in [2.75, 3.05) is 0 Å². The molecule has 40 heavy (non-hydrogen) atoms. The highest BCUT2D eigenvalue weighted by Gasteiger charge is 2.54. The van der Waals surface area contributed by atoms with Crippen molar-refractivity contribution in [1.29, 1.82) is 0 Å². The largest absolute Gasteiger partial charge is 0.508 e. The molecule has 0 amide bonds. The van der Waals surface area contributed by atoms with Crippen molar-refractivity contribution in [2.24, 2.45) is 11.8 Å². The molecule has 10 heteroatoms. The fraction of sp³-hybridized carbons (Fsp3) is 0.133. The van der Waals surface area contributed by atoms with Crippen molar-refractivity contribution < 1.29 is 49.7 Å². The number of phenolic OH excluding ortho intramolecular Hbond substituents is 6. The minimum Gasteiger partial charge on any atom is -0.508 e. The van der Waals surface area contributed by atoms with Gasteiger partial charge in [0.25, 0.3) is 0 Å². The topological polar surface area (TPSA) is 174 Å². The fourth-order valence-electron chi connectivity index (χ4n) is 5.79. The van der Waals surface area contributed by atoms with Gasteiger partial charge in [-0.15, -0.1) is 0 Å². The molecule has 0 spiro atoms. The number of carbonyl (C=O) groups is 2. The highest BCUT2D eigenvalue weighted by molar-refractivity contribution is 5.91. The van der Waals surface area contributed by atoms with Crippen LogP contribution in [0.2, 0.25) is 0 Å². The van der Waals surface area contributed by atoms with Gasteiger partial charge in [-0.05, 0) is 35.4 Å². The van der Waals surface area contributed by atoms with Gasteiger partial charge in [0.15, 0.2) is 0 Å². The first-order chi connectivity index (χ1) is 19.1. The number of benzene rings is 4. The van der Waals surface area contributed by atoms with Crippen LogP contribution in [0.25, 0.3) is 0 Å². The van der Waals surface area contributed by atoms with Crippen LogP contribution >= 0.6 is 0 Å². The van der Waals surface area contributed by atoms with Crippen LogP contribution in [0.3, 0.4) is 0 Å².